The summed E-state index contributed by atoms with van der Waals surface area (Å²) in [5, 5.41) is 10.4. The predicted molar refractivity (Wildman–Crippen MR) is 70.9 cm³/mol. The molecular formula is C13H16FN5O. The molecule has 6 nitrogen and oxygen atoms in total. The lowest BCUT2D eigenvalue weighted by Crippen LogP contribution is -2.30. The van der Waals surface area contributed by atoms with Crippen LogP contribution in [0.25, 0.3) is 0 Å². The molecule has 2 rings (SSSR count). The monoisotopic (exact) mass is 277 g/mol. The second-order valence-electron chi connectivity index (χ2n) is 4.46. The molecule has 0 aliphatic carbocycles. The van der Waals surface area contributed by atoms with Crippen LogP contribution < -0.4 is 11.1 Å². The largest absolute Gasteiger partial charge is 0.348 e. The molecule has 1 atom stereocenters. The number of benzene rings is 1. The van der Waals surface area contributed by atoms with E-state index < -0.39 is 0 Å². The third-order valence-corrected chi connectivity index (χ3v) is 2.83. The Balaban J connectivity index is 1.94. The highest BCUT2D eigenvalue weighted by Gasteiger charge is 2.11. The van der Waals surface area contributed by atoms with Crippen molar-refractivity contribution in [1.82, 2.24) is 20.3 Å². The molecule has 20 heavy (non-hydrogen) atoms. The number of carbonyl (C=O) groups is 1. The van der Waals surface area contributed by atoms with Gasteiger partial charge in [-0.05, 0) is 24.6 Å². The van der Waals surface area contributed by atoms with Crippen LogP contribution in [0.1, 0.15) is 24.2 Å². The molecule has 1 heterocycles. The Kier molecular flexibility index (Phi) is 4.41. The Bertz CT molecular complexity index is 598. The van der Waals surface area contributed by atoms with Gasteiger partial charge in [-0.25, -0.2) is 9.07 Å². The molecule has 0 bridgehead atoms. The predicted octanol–water partition coefficient (Wildman–Crippen LogP) is 0.753. The molecule has 0 unspecified atom stereocenters. The highest BCUT2D eigenvalue weighted by Crippen LogP contribution is 2.13. The lowest BCUT2D eigenvalue weighted by atomic mass is 10.1. The highest BCUT2D eigenvalue weighted by atomic mass is 19.1. The van der Waals surface area contributed by atoms with Crippen molar-refractivity contribution in [3.05, 3.63) is 47.5 Å². The van der Waals surface area contributed by atoms with Gasteiger partial charge >= 0.3 is 0 Å². The number of halogens is 1. The molecule has 0 fully saturated rings. The molecule has 0 saturated carbocycles. The average Bonchev–Trinajstić information content (AvgIpc) is 2.86. The Labute approximate surface area is 115 Å². The van der Waals surface area contributed by atoms with Crippen molar-refractivity contribution in [2.45, 2.75) is 26.1 Å². The molecule has 7 heteroatoms. The number of nitrogens with zero attached hydrogens (tertiary/aromatic N) is 3. The Hall–Kier alpha value is -2.28. The van der Waals surface area contributed by atoms with Crippen molar-refractivity contribution in [1.29, 1.82) is 0 Å². The van der Waals surface area contributed by atoms with E-state index in [0.717, 1.165) is 0 Å². The van der Waals surface area contributed by atoms with E-state index >= 15 is 0 Å². The number of amides is 1. The number of rotatable bonds is 5. The van der Waals surface area contributed by atoms with Crippen molar-refractivity contribution in [2.75, 3.05) is 0 Å². The van der Waals surface area contributed by atoms with Gasteiger partial charge in [0.05, 0.1) is 17.9 Å². The Morgan fingerprint density at radius 1 is 1.55 bits per heavy atom. The second kappa shape index (κ2) is 6.25. The molecule has 3 N–H and O–H groups in total. The standard InChI is InChI=1S/C13H16FN5O/c1-9(10-3-2-4-11(14)5-10)16-13(20)8-19-7-12(6-15)17-18-19/h2-5,7,9H,6,8,15H2,1H3,(H,16,20)/t9-/m0/s1. The van der Waals surface area contributed by atoms with Crippen LogP contribution in [0.4, 0.5) is 4.39 Å². The number of aromatic nitrogens is 3. The van der Waals surface area contributed by atoms with Crippen LogP contribution in [0.15, 0.2) is 30.5 Å². The van der Waals surface area contributed by atoms with Gasteiger partial charge in [0.2, 0.25) is 5.91 Å². The van der Waals surface area contributed by atoms with E-state index in [1.54, 1.807) is 25.3 Å². The van der Waals surface area contributed by atoms with E-state index in [4.69, 9.17) is 5.73 Å². The van der Waals surface area contributed by atoms with Crippen LogP contribution in [0.2, 0.25) is 0 Å². The highest BCUT2D eigenvalue weighted by molar-refractivity contribution is 5.76. The third kappa shape index (κ3) is 3.61. The average molecular weight is 277 g/mol. The first kappa shape index (κ1) is 14.1. The van der Waals surface area contributed by atoms with Gasteiger partial charge in [-0.15, -0.1) is 5.10 Å². The molecule has 1 aromatic heterocycles. The van der Waals surface area contributed by atoms with Crippen LogP contribution in [-0.4, -0.2) is 20.9 Å². The van der Waals surface area contributed by atoms with Crippen LogP contribution in [-0.2, 0) is 17.9 Å². The molecule has 2 aromatic rings. The summed E-state index contributed by atoms with van der Waals surface area (Å²) < 4.78 is 14.5. The zero-order chi connectivity index (χ0) is 14.5. The smallest absolute Gasteiger partial charge is 0.242 e. The van der Waals surface area contributed by atoms with E-state index in [1.165, 1.54) is 16.8 Å². The number of carbonyl (C=O) groups excluding carboxylic acids is 1. The summed E-state index contributed by atoms with van der Waals surface area (Å²) in [6, 6.07) is 5.85. The molecule has 0 spiro atoms. The summed E-state index contributed by atoms with van der Waals surface area (Å²) in [7, 11) is 0. The second-order valence-corrected chi connectivity index (χ2v) is 4.46. The van der Waals surface area contributed by atoms with Gasteiger partial charge in [0.1, 0.15) is 12.4 Å². The van der Waals surface area contributed by atoms with Crippen LogP contribution in [0, 0.1) is 5.82 Å². The molecular weight excluding hydrogens is 261 g/mol. The van der Waals surface area contributed by atoms with Crippen molar-refractivity contribution >= 4 is 5.91 Å². The quantitative estimate of drug-likeness (QED) is 0.844. The van der Waals surface area contributed by atoms with Crippen molar-refractivity contribution in [2.24, 2.45) is 5.73 Å². The zero-order valence-corrected chi connectivity index (χ0v) is 11.1. The van der Waals surface area contributed by atoms with E-state index in [-0.39, 0.29) is 30.9 Å². The Morgan fingerprint density at radius 2 is 2.35 bits per heavy atom. The van der Waals surface area contributed by atoms with Crippen LogP contribution in [0.5, 0.6) is 0 Å². The van der Waals surface area contributed by atoms with Crippen LogP contribution >= 0.6 is 0 Å². The van der Waals surface area contributed by atoms with Gasteiger partial charge in [-0.3, -0.25) is 4.79 Å². The van der Waals surface area contributed by atoms with Crippen molar-refractivity contribution < 1.29 is 9.18 Å². The number of nitrogens with two attached hydrogens (primary N) is 1. The fraction of sp³-hybridized carbons (Fsp3) is 0.308. The zero-order valence-electron chi connectivity index (χ0n) is 11.1. The maximum Gasteiger partial charge on any atom is 0.242 e. The normalized spacial score (nSPS) is 12.2. The fourth-order valence-electron chi connectivity index (χ4n) is 1.80. The minimum Gasteiger partial charge on any atom is -0.348 e. The first-order chi connectivity index (χ1) is 9.58. The lowest BCUT2D eigenvalue weighted by Gasteiger charge is -2.14. The number of nitrogens with one attached hydrogen (secondary N) is 1. The van der Waals surface area contributed by atoms with Crippen LogP contribution in [0.3, 0.4) is 0 Å². The third-order valence-electron chi connectivity index (χ3n) is 2.83. The molecule has 0 saturated heterocycles. The van der Waals surface area contributed by atoms with Crippen molar-refractivity contribution in [3.63, 3.8) is 0 Å². The van der Waals surface area contributed by atoms with Gasteiger partial charge in [0, 0.05) is 6.54 Å². The Morgan fingerprint density at radius 3 is 3.00 bits per heavy atom. The molecule has 1 amide bonds. The fourth-order valence-corrected chi connectivity index (χ4v) is 1.80. The first-order valence-electron chi connectivity index (χ1n) is 6.22. The summed E-state index contributed by atoms with van der Waals surface area (Å²) in [6.07, 6.45) is 1.62. The molecule has 1 aromatic carbocycles. The maximum absolute atomic E-state index is 13.1. The van der Waals surface area contributed by atoms with E-state index in [1.807, 2.05) is 0 Å². The van der Waals surface area contributed by atoms with Gasteiger partial charge in [-0.2, -0.15) is 0 Å². The summed E-state index contributed by atoms with van der Waals surface area (Å²) in [6.45, 7) is 2.12. The topological polar surface area (TPSA) is 85.8 Å². The summed E-state index contributed by atoms with van der Waals surface area (Å²) >= 11 is 0. The van der Waals surface area contributed by atoms with E-state index in [9.17, 15) is 9.18 Å². The SMILES string of the molecule is C[C@H](NC(=O)Cn1cc(CN)nn1)c1cccc(F)c1. The van der Waals surface area contributed by atoms with Gasteiger partial charge in [0.25, 0.3) is 0 Å². The van der Waals surface area contributed by atoms with Gasteiger partial charge < -0.3 is 11.1 Å². The minimum absolute atomic E-state index is 0.0483. The molecule has 106 valence electrons. The molecule has 0 aliphatic rings. The molecule has 0 radical (unpaired) electrons. The summed E-state index contributed by atoms with van der Waals surface area (Å²) in [5.41, 5.74) is 6.74. The first-order valence-corrected chi connectivity index (χ1v) is 6.22. The summed E-state index contributed by atoms with van der Waals surface area (Å²) in [4.78, 5) is 11.9. The van der Waals surface area contributed by atoms with E-state index in [2.05, 4.69) is 15.6 Å². The minimum atomic E-state index is -0.326. The van der Waals surface area contributed by atoms with Gasteiger partial charge in [-0.1, -0.05) is 17.3 Å². The molecule has 0 aliphatic heterocycles. The summed E-state index contributed by atoms with van der Waals surface area (Å²) in [5.74, 6) is -0.553. The lowest BCUT2D eigenvalue weighted by molar-refractivity contribution is -0.122. The number of hydrogen-bond acceptors (Lipinski definition) is 4. The van der Waals surface area contributed by atoms with E-state index in [0.29, 0.717) is 11.3 Å². The maximum atomic E-state index is 13.1. The van der Waals surface area contributed by atoms with Gasteiger partial charge in [0.15, 0.2) is 0 Å². The van der Waals surface area contributed by atoms with Crippen molar-refractivity contribution in [3.8, 4) is 0 Å². The number of hydrogen-bond donors (Lipinski definition) is 2.